The van der Waals surface area contributed by atoms with E-state index in [0.717, 1.165) is 11.0 Å². The number of nitrogens with zero attached hydrogens (tertiary/aromatic N) is 1. The average Bonchev–Trinajstić information content (AvgIpc) is 2.92. The number of rotatable bonds is 4. The third-order valence-electron chi connectivity index (χ3n) is 3.76. The van der Waals surface area contributed by atoms with Gasteiger partial charge >= 0.3 is 12.1 Å². The van der Waals surface area contributed by atoms with Crippen molar-refractivity contribution >= 4 is 11.9 Å². The molecule has 1 aliphatic heterocycles. The van der Waals surface area contributed by atoms with E-state index in [9.17, 15) is 27.2 Å². The fourth-order valence-electron chi connectivity index (χ4n) is 2.34. The minimum Gasteiger partial charge on any atom is -0.481 e. The van der Waals surface area contributed by atoms with Crippen molar-refractivity contribution in [2.24, 2.45) is 5.41 Å². The lowest BCUT2D eigenvalue weighted by Gasteiger charge is -2.27. The molecule has 0 aromatic heterocycles. The van der Waals surface area contributed by atoms with Crippen LogP contribution in [0.25, 0.3) is 0 Å². The third kappa shape index (κ3) is 3.22. The summed E-state index contributed by atoms with van der Waals surface area (Å²) in [5.41, 5.74) is -2.97. The van der Waals surface area contributed by atoms with E-state index in [2.05, 4.69) is 0 Å². The van der Waals surface area contributed by atoms with E-state index in [0.29, 0.717) is 0 Å². The van der Waals surface area contributed by atoms with Crippen molar-refractivity contribution in [3.8, 4) is 5.75 Å². The third-order valence-corrected chi connectivity index (χ3v) is 3.76. The lowest BCUT2D eigenvalue weighted by molar-refractivity contribution is -0.227. The zero-order valence-electron chi connectivity index (χ0n) is 11.8. The van der Waals surface area contributed by atoms with Crippen molar-refractivity contribution in [2.75, 3.05) is 19.7 Å². The Bertz CT molecular complexity index is 619. The normalized spacial score (nSPS) is 21.3. The number of amides is 1. The average molecular weight is 335 g/mol. The van der Waals surface area contributed by atoms with Gasteiger partial charge in [-0.2, -0.15) is 13.2 Å². The number of carbonyl (C=O) groups excluding carboxylic acids is 1. The van der Waals surface area contributed by atoms with E-state index >= 15 is 0 Å². The van der Waals surface area contributed by atoms with Crippen molar-refractivity contribution in [1.82, 2.24) is 4.90 Å². The first kappa shape index (κ1) is 17.0. The Morgan fingerprint density at radius 1 is 1.30 bits per heavy atom. The van der Waals surface area contributed by atoms with Crippen LogP contribution in [0.15, 0.2) is 24.3 Å². The first-order chi connectivity index (χ1) is 10.7. The molecule has 126 valence electrons. The molecule has 1 amide bonds. The predicted octanol–water partition coefficient (Wildman–Crippen LogP) is 2.07. The molecule has 1 aromatic rings. The summed E-state index contributed by atoms with van der Waals surface area (Å²) in [6.07, 6.45) is -5.70. The largest absolute Gasteiger partial charge is 0.481 e. The van der Waals surface area contributed by atoms with E-state index in [4.69, 9.17) is 9.84 Å². The fraction of sp³-hybridized carbons (Fsp3) is 0.429. The number of carboxylic acids is 1. The Balaban J connectivity index is 2.02. The molecule has 1 fully saturated rings. The Morgan fingerprint density at radius 2 is 1.96 bits per heavy atom. The number of likely N-dealkylation sites (tertiary alicyclic amines) is 1. The van der Waals surface area contributed by atoms with Crippen molar-refractivity contribution in [2.45, 2.75) is 12.6 Å². The van der Waals surface area contributed by atoms with E-state index < -0.39 is 48.9 Å². The minimum atomic E-state index is -4.97. The van der Waals surface area contributed by atoms with Gasteiger partial charge in [0, 0.05) is 13.1 Å². The number of carbonyl (C=O) groups is 2. The van der Waals surface area contributed by atoms with Gasteiger partial charge in [-0.15, -0.1) is 0 Å². The SMILES string of the molecule is O=C(COc1ccccc1F)N1CCC(C(=O)O)(C(F)(F)F)C1. The van der Waals surface area contributed by atoms with Crippen LogP contribution >= 0.6 is 0 Å². The molecular weight excluding hydrogens is 322 g/mol. The minimum absolute atomic E-state index is 0.208. The van der Waals surface area contributed by atoms with Crippen molar-refractivity contribution in [3.05, 3.63) is 30.1 Å². The zero-order chi connectivity index (χ0) is 17.3. The number of para-hydroxylation sites is 1. The monoisotopic (exact) mass is 335 g/mol. The van der Waals surface area contributed by atoms with Crippen molar-refractivity contribution in [1.29, 1.82) is 0 Å². The highest BCUT2D eigenvalue weighted by Gasteiger charge is 2.64. The maximum absolute atomic E-state index is 13.3. The van der Waals surface area contributed by atoms with E-state index in [-0.39, 0.29) is 12.3 Å². The highest BCUT2D eigenvalue weighted by molar-refractivity contribution is 5.82. The van der Waals surface area contributed by atoms with E-state index in [1.54, 1.807) is 0 Å². The summed E-state index contributed by atoms with van der Waals surface area (Å²) in [5, 5.41) is 8.90. The number of halogens is 4. The van der Waals surface area contributed by atoms with Crippen molar-refractivity contribution in [3.63, 3.8) is 0 Å². The van der Waals surface area contributed by atoms with Gasteiger partial charge in [-0.25, -0.2) is 4.39 Å². The smallest absolute Gasteiger partial charge is 0.406 e. The first-order valence-corrected chi connectivity index (χ1v) is 6.62. The van der Waals surface area contributed by atoms with Gasteiger partial charge in [0.25, 0.3) is 5.91 Å². The molecule has 9 heteroatoms. The molecule has 1 aliphatic rings. The van der Waals surface area contributed by atoms with E-state index in [1.807, 2.05) is 0 Å². The molecule has 1 aromatic carbocycles. The molecule has 1 saturated heterocycles. The van der Waals surface area contributed by atoms with Gasteiger partial charge in [0.1, 0.15) is 0 Å². The van der Waals surface area contributed by atoms with Crippen LogP contribution in [0, 0.1) is 11.2 Å². The molecule has 0 spiro atoms. The molecule has 1 N–H and O–H groups in total. The van der Waals surface area contributed by atoms with Crippen LogP contribution in [-0.4, -0.2) is 47.8 Å². The quantitative estimate of drug-likeness (QED) is 0.856. The van der Waals surface area contributed by atoms with Gasteiger partial charge in [0.2, 0.25) is 0 Å². The Hall–Kier alpha value is -2.32. The second-order valence-corrected chi connectivity index (χ2v) is 5.17. The van der Waals surface area contributed by atoms with Crippen molar-refractivity contribution < 1.29 is 37.0 Å². The summed E-state index contributed by atoms with van der Waals surface area (Å²) in [6, 6.07) is 5.26. The van der Waals surface area contributed by atoms with Crippen LogP contribution in [0.4, 0.5) is 17.6 Å². The summed E-state index contributed by atoms with van der Waals surface area (Å²) in [5.74, 6) is -3.77. The number of ether oxygens (including phenoxy) is 1. The van der Waals surface area contributed by atoms with E-state index in [1.165, 1.54) is 18.2 Å². The van der Waals surface area contributed by atoms with Gasteiger partial charge in [-0.05, 0) is 18.6 Å². The number of hydrogen-bond acceptors (Lipinski definition) is 3. The first-order valence-electron chi connectivity index (χ1n) is 6.62. The fourth-order valence-corrected chi connectivity index (χ4v) is 2.34. The molecule has 2 rings (SSSR count). The summed E-state index contributed by atoms with van der Waals surface area (Å²) in [6.45, 7) is -2.01. The molecule has 0 radical (unpaired) electrons. The molecular formula is C14H13F4NO4. The molecule has 0 bridgehead atoms. The van der Waals surface area contributed by atoms with Gasteiger partial charge in [0.05, 0.1) is 0 Å². The topological polar surface area (TPSA) is 66.8 Å². The van der Waals surface area contributed by atoms with Crippen LogP contribution in [0.3, 0.4) is 0 Å². The van der Waals surface area contributed by atoms with Gasteiger partial charge in [-0.1, -0.05) is 12.1 Å². The summed E-state index contributed by atoms with van der Waals surface area (Å²) >= 11 is 0. The van der Waals surface area contributed by atoms with Crippen LogP contribution in [0.2, 0.25) is 0 Å². The molecule has 1 unspecified atom stereocenters. The number of hydrogen-bond donors (Lipinski definition) is 1. The Labute approximate surface area is 128 Å². The van der Waals surface area contributed by atoms with Crippen LogP contribution in [0.5, 0.6) is 5.75 Å². The number of aliphatic carboxylic acids is 1. The Morgan fingerprint density at radius 3 is 2.48 bits per heavy atom. The molecule has 23 heavy (non-hydrogen) atoms. The Kier molecular flexibility index (Phi) is 4.49. The number of alkyl halides is 3. The summed E-state index contributed by atoms with van der Waals surface area (Å²) in [7, 11) is 0. The number of carboxylic acid groups (broad SMARTS) is 1. The molecule has 1 heterocycles. The van der Waals surface area contributed by atoms with Crippen LogP contribution in [-0.2, 0) is 9.59 Å². The summed E-state index contributed by atoms with van der Waals surface area (Å²) in [4.78, 5) is 23.7. The highest BCUT2D eigenvalue weighted by Crippen LogP contribution is 2.45. The second kappa shape index (κ2) is 6.05. The molecule has 0 saturated carbocycles. The van der Waals surface area contributed by atoms with Crippen LogP contribution < -0.4 is 4.74 Å². The second-order valence-electron chi connectivity index (χ2n) is 5.17. The van der Waals surface area contributed by atoms with Gasteiger partial charge < -0.3 is 14.7 Å². The predicted molar refractivity (Wildman–Crippen MR) is 69.2 cm³/mol. The maximum atomic E-state index is 13.3. The molecule has 1 atom stereocenters. The molecule has 5 nitrogen and oxygen atoms in total. The highest BCUT2D eigenvalue weighted by atomic mass is 19.4. The maximum Gasteiger partial charge on any atom is 0.406 e. The van der Waals surface area contributed by atoms with Crippen LogP contribution in [0.1, 0.15) is 6.42 Å². The zero-order valence-corrected chi connectivity index (χ0v) is 11.8. The lowest BCUT2D eigenvalue weighted by atomic mass is 9.86. The molecule has 0 aliphatic carbocycles. The standard InChI is InChI=1S/C14H13F4NO4/c15-9-3-1-2-4-10(9)23-7-11(20)19-6-5-13(8-19,12(21)22)14(16,17)18/h1-4H,5-8H2,(H,21,22). The van der Waals surface area contributed by atoms with Gasteiger partial charge in [0.15, 0.2) is 23.6 Å². The number of benzene rings is 1. The lowest BCUT2D eigenvalue weighted by Crippen LogP contribution is -2.48. The summed E-state index contributed by atoms with van der Waals surface area (Å²) < 4.78 is 57.3. The van der Waals surface area contributed by atoms with Gasteiger partial charge in [-0.3, -0.25) is 9.59 Å².